The molecular weight excluding hydrogens is 316 g/mol. The first kappa shape index (κ1) is 20.7. The Morgan fingerprint density at radius 2 is 1.42 bits per heavy atom. The van der Waals surface area contributed by atoms with E-state index in [1.165, 1.54) is 75.6 Å². The summed E-state index contributed by atoms with van der Waals surface area (Å²) in [6.07, 6.45) is 19.2. The maximum Gasteiger partial charge on any atom is 0.260 e. The van der Waals surface area contributed by atoms with Gasteiger partial charge in [0, 0.05) is 0 Å². The van der Waals surface area contributed by atoms with Crippen LogP contribution in [0.15, 0.2) is 42.7 Å². The van der Waals surface area contributed by atoms with Crippen molar-refractivity contribution in [1.29, 1.82) is 0 Å². The molecule has 0 aliphatic carbocycles. The van der Waals surface area contributed by atoms with Crippen LogP contribution in [0.4, 0.5) is 0 Å². The smallest absolute Gasteiger partial charge is 0.234 e. The molecule has 0 aliphatic rings. The fourth-order valence-electron chi connectivity index (χ4n) is 3.66. The van der Waals surface area contributed by atoms with Crippen molar-refractivity contribution in [3.63, 3.8) is 0 Å². The predicted octanol–water partition coefficient (Wildman–Crippen LogP) is 6.31. The molecule has 0 N–H and O–H groups in total. The van der Waals surface area contributed by atoms with Crippen LogP contribution in [0.3, 0.4) is 0 Å². The van der Waals surface area contributed by atoms with Gasteiger partial charge in [-0.25, -0.2) is 9.13 Å². The fourth-order valence-corrected chi connectivity index (χ4v) is 3.66. The number of aromatic nitrogens is 2. The molecule has 2 rings (SSSR count). The van der Waals surface area contributed by atoms with Gasteiger partial charge < -0.3 is 0 Å². The van der Waals surface area contributed by atoms with E-state index in [0.29, 0.717) is 0 Å². The zero-order chi connectivity index (χ0) is 18.5. The van der Waals surface area contributed by atoms with Crippen LogP contribution < -0.4 is 4.57 Å². The predicted molar refractivity (Wildman–Crippen MR) is 111 cm³/mol. The number of benzene rings is 1. The van der Waals surface area contributed by atoms with Crippen molar-refractivity contribution in [2.45, 2.75) is 97.6 Å². The molecule has 0 atom stereocenters. The van der Waals surface area contributed by atoms with Gasteiger partial charge >= 0.3 is 0 Å². The van der Waals surface area contributed by atoms with Crippen molar-refractivity contribution < 1.29 is 4.57 Å². The Morgan fingerprint density at radius 1 is 0.769 bits per heavy atom. The molecule has 1 aromatic carbocycles. The van der Waals surface area contributed by atoms with E-state index in [4.69, 9.17) is 0 Å². The summed E-state index contributed by atoms with van der Waals surface area (Å²) in [6, 6.07) is 10.9. The van der Waals surface area contributed by atoms with Gasteiger partial charge in [0.1, 0.15) is 12.4 Å². The highest BCUT2D eigenvalue weighted by atomic mass is 15.1. The zero-order valence-electron chi connectivity index (χ0n) is 17.1. The molecular formula is C24H39N2+. The molecule has 1 heterocycles. The van der Waals surface area contributed by atoms with E-state index in [0.717, 1.165) is 19.5 Å². The summed E-state index contributed by atoms with van der Waals surface area (Å²) in [5, 5.41) is 0. The normalized spacial score (nSPS) is 11.2. The summed E-state index contributed by atoms with van der Waals surface area (Å²) in [4.78, 5) is 0. The maximum atomic E-state index is 2.50. The lowest BCUT2D eigenvalue weighted by molar-refractivity contribution is -0.703. The number of aryl methyl sites for hydroxylation is 2. The molecule has 2 nitrogen and oxygen atoms in total. The average Bonchev–Trinajstić information content (AvgIpc) is 3.04. The SMILES string of the molecule is CCCCCCCCCn1cc[n+](CCCCC)c1Cc1ccccc1. The first-order valence-electron chi connectivity index (χ1n) is 11.0. The Morgan fingerprint density at radius 3 is 2.15 bits per heavy atom. The van der Waals surface area contributed by atoms with E-state index in [2.05, 4.69) is 65.7 Å². The highest BCUT2D eigenvalue weighted by molar-refractivity contribution is 5.18. The Balaban J connectivity index is 1.91. The fraction of sp³-hybridized carbons (Fsp3) is 0.625. The topological polar surface area (TPSA) is 8.81 Å². The first-order chi connectivity index (χ1) is 12.8. The number of rotatable bonds is 14. The third kappa shape index (κ3) is 7.35. The molecule has 1 aromatic heterocycles. The highest BCUT2D eigenvalue weighted by Gasteiger charge is 2.17. The number of unbranched alkanes of at least 4 members (excludes halogenated alkanes) is 8. The summed E-state index contributed by atoms with van der Waals surface area (Å²) in [5.74, 6) is 1.47. The molecule has 0 spiro atoms. The quantitative estimate of drug-likeness (QED) is 0.277. The molecule has 0 bridgehead atoms. The Hall–Kier alpha value is -1.57. The van der Waals surface area contributed by atoms with Crippen molar-refractivity contribution >= 4 is 0 Å². The zero-order valence-corrected chi connectivity index (χ0v) is 17.1. The van der Waals surface area contributed by atoms with Gasteiger partial charge in [-0.15, -0.1) is 0 Å². The van der Waals surface area contributed by atoms with Crippen LogP contribution in [0.2, 0.25) is 0 Å². The van der Waals surface area contributed by atoms with Crippen molar-refractivity contribution in [3.8, 4) is 0 Å². The molecule has 144 valence electrons. The van der Waals surface area contributed by atoms with Crippen LogP contribution in [0.1, 0.15) is 89.4 Å². The van der Waals surface area contributed by atoms with Crippen molar-refractivity contribution in [1.82, 2.24) is 4.57 Å². The van der Waals surface area contributed by atoms with Gasteiger partial charge in [0.2, 0.25) is 0 Å². The molecule has 0 saturated carbocycles. The molecule has 0 saturated heterocycles. The lowest BCUT2D eigenvalue weighted by atomic mass is 10.1. The van der Waals surface area contributed by atoms with Gasteiger partial charge in [-0.3, -0.25) is 0 Å². The van der Waals surface area contributed by atoms with Gasteiger partial charge in [0.05, 0.1) is 19.5 Å². The summed E-state index contributed by atoms with van der Waals surface area (Å²) in [5.41, 5.74) is 1.41. The second-order valence-corrected chi connectivity index (χ2v) is 7.59. The number of nitrogens with zero attached hydrogens (tertiary/aromatic N) is 2. The molecule has 2 heteroatoms. The monoisotopic (exact) mass is 355 g/mol. The third-order valence-electron chi connectivity index (χ3n) is 5.30. The minimum absolute atomic E-state index is 1.04. The van der Waals surface area contributed by atoms with Crippen molar-refractivity contribution in [2.75, 3.05) is 0 Å². The van der Waals surface area contributed by atoms with Gasteiger partial charge in [0.15, 0.2) is 0 Å². The van der Waals surface area contributed by atoms with Gasteiger partial charge in [-0.2, -0.15) is 0 Å². The van der Waals surface area contributed by atoms with Gasteiger partial charge in [-0.1, -0.05) is 82.7 Å². The van der Waals surface area contributed by atoms with E-state index in [9.17, 15) is 0 Å². The maximum absolute atomic E-state index is 2.50. The Labute approximate surface area is 161 Å². The van der Waals surface area contributed by atoms with Crippen molar-refractivity contribution in [2.24, 2.45) is 0 Å². The summed E-state index contributed by atoms with van der Waals surface area (Å²) < 4.78 is 4.99. The number of imidazole rings is 1. The lowest BCUT2D eigenvalue weighted by Crippen LogP contribution is -2.37. The molecule has 2 aromatic rings. The summed E-state index contributed by atoms with van der Waals surface area (Å²) in [7, 11) is 0. The molecule has 0 fully saturated rings. The molecule has 0 radical (unpaired) electrons. The molecule has 0 amide bonds. The molecule has 0 aliphatic heterocycles. The Bertz CT molecular complexity index is 586. The molecule has 26 heavy (non-hydrogen) atoms. The second kappa shape index (κ2) is 12.7. The summed E-state index contributed by atoms with van der Waals surface area (Å²) in [6.45, 7) is 6.88. The largest absolute Gasteiger partial charge is 0.260 e. The average molecular weight is 356 g/mol. The van der Waals surface area contributed by atoms with E-state index < -0.39 is 0 Å². The standard InChI is InChI=1S/C24H39N2/c1-3-5-7-8-9-10-15-19-26-21-20-25(18-14-6-4-2)24(26)22-23-16-12-11-13-17-23/h11-13,16-17,20-21H,3-10,14-15,18-19,22H2,1-2H3/q+1. The summed E-state index contributed by atoms with van der Waals surface area (Å²) >= 11 is 0. The first-order valence-corrected chi connectivity index (χ1v) is 11.0. The van der Waals surface area contributed by atoms with E-state index in [1.807, 2.05) is 0 Å². The second-order valence-electron chi connectivity index (χ2n) is 7.59. The van der Waals surface area contributed by atoms with Gasteiger partial charge in [0.25, 0.3) is 5.82 Å². The number of hydrogen-bond acceptors (Lipinski definition) is 0. The van der Waals surface area contributed by atoms with E-state index in [1.54, 1.807) is 0 Å². The third-order valence-corrected chi connectivity index (χ3v) is 5.30. The minimum Gasteiger partial charge on any atom is -0.234 e. The van der Waals surface area contributed by atoms with Gasteiger partial charge in [-0.05, 0) is 31.2 Å². The van der Waals surface area contributed by atoms with E-state index in [-0.39, 0.29) is 0 Å². The van der Waals surface area contributed by atoms with Crippen LogP contribution in [0.5, 0.6) is 0 Å². The van der Waals surface area contributed by atoms with Crippen molar-refractivity contribution in [3.05, 3.63) is 54.1 Å². The van der Waals surface area contributed by atoms with Crippen LogP contribution in [0.25, 0.3) is 0 Å². The van der Waals surface area contributed by atoms with Crippen LogP contribution in [0, 0.1) is 0 Å². The van der Waals surface area contributed by atoms with Crippen LogP contribution in [-0.4, -0.2) is 4.57 Å². The molecule has 0 unspecified atom stereocenters. The Kier molecular flexibility index (Phi) is 10.2. The van der Waals surface area contributed by atoms with E-state index >= 15 is 0 Å². The highest BCUT2D eigenvalue weighted by Crippen LogP contribution is 2.11. The minimum atomic E-state index is 1.04. The lowest BCUT2D eigenvalue weighted by Gasteiger charge is -2.06. The van der Waals surface area contributed by atoms with Crippen LogP contribution >= 0.6 is 0 Å². The van der Waals surface area contributed by atoms with Crippen LogP contribution in [-0.2, 0) is 19.5 Å². The number of hydrogen-bond donors (Lipinski definition) is 0.